The summed E-state index contributed by atoms with van der Waals surface area (Å²) < 4.78 is 0. The Morgan fingerprint density at radius 2 is 1.95 bits per heavy atom. The molecule has 1 aromatic rings. The largest absolute Gasteiger partial charge is 0.365 e. The molecule has 0 aromatic heterocycles. The molecule has 0 unspecified atom stereocenters. The van der Waals surface area contributed by atoms with Crippen LogP contribution < -0.4 is 4.90 Å². The summed E-state index contributed by atoms with van der Waals surface area (Å²) >= 11 is 0. The molecular weight excluding hydrogens is 242 g/mol. The van der Waals surface area contributed by atoms with E-state index in [1.165, 1.54) is 62.7 Å². The van der Waals surface area contributed by atoms with E-state index < -0.39 is 0 Å². The first-order valence-corrected chi connectivity index (χ1v) is 8.34. The lowest BCUT2D eigenvalue weighted by molar-refractivity contribution is 0.636. The predicted molar refractivity (Wildman–Crippen MR) is 89.5 cm³/mol. The zero-order chi connectivity index (χ0) is 14.2. The monoisotopic (exact) mass is 271 g/mol. The number of fused-ring (bicyclic) bond motifs is 1. The molecule has 0 saturated heterocycles. The van der Waals surface area contributed by atoms with E-state index in [2.05, 4.69) is 55.2 Å². The maximum absolute atomic E-state index is 2.53. The lowest BCUT2D eigenvalue weighted by atomic mass is 10.1. The summed E-state index contributed by atoms with van der Waals surface area (Å²) in [6, 6.07) is 9.35. The average molecular weight is 271 g/mol. The summed E-state index contributed by atoms with van der Waals surface area (Å²) in [4.78, 5) is 2.53. The van der Waals surface area contributed by atoms with Crippen LogP contribution in [0.4, 0.5) is 5.69 Å². The van der Waals surface area contributed by atoms with Crippen molar-refractivity contribution >= 4 is 5.69 Å². The number of allylic oxidation sites excluding steroid dienone is 1. The highest BCUT2D eigenvalue weighted by Crippen LogP contribution is 2.29. The fraction of sp³-hybridized carbons (Fsp3) is 0.579. The first-order chi connectivity index (χ1) is 9.83. The van der Waals surface area contributed by atoms with Crippen molar-refractivity contribution in [2.75, 3.05) is 11.4 Å². The van der Waals surface area contributed by atoms with Crippen molar-refractivity contribution in [3.8, 4) is 0 Å². The van der Waals surface area contributed by atoms with E-state index in [0.29, 0.717) is 6.04 Å². The number of unbranched alkanes of at least 4 members (excludes halogenated alkanes) is 5. The van der Waals surface area contributed by atoms with Crippen LogP contribution >= 0.6 is 0 Å². The molecule has 0 saturated carbocycles. The fourth-order valence-corrected chi connectivity index (χ4v) is 3.05. The number of rotatable bonds is 8. The van der Waals surface area contributed by atoms with Crippen molar-refractivity contribution in [3.63, 3.8) is 0 Å². The Kier molecular flexibility index (Phi) is 6.17. The van der Waals surface area contributed by atoms with Crippen LogP contribution in [0.5, 0.6) is 0 Å². The van der Waals surface area contributed by atoms with Crippen molar-refractivity contribution in [1.29, 1.82) is 0 Å². The van der Waals surface area contributed by atoms with Gasteiger partial charge in [0.25, 0.3) is 0 Å². The lowest BCUT2D eigenvalue weighted by Crippen LogP contribution is -2.29. The molecule has 110 valence electrons. The molecule has 1 aromatic carbocycles. The minimum Gasteiger partial charge on any atom is -0.365 e. The van der Waals surface area contributed by atoms with Gasteiger partial charge >= 0.3 is 0 Å². The van der Waals surface area contributed by atoms with Crippen molar-refractivity contribution in [3.05, 3.63) is 42.0 Å². The number of anilines is 1. The van der Waals surface area contributed by atoms with E-state index >= 15 is 0 Å². The van der Waals surface area contributed by atoms with Crippen LogP contribution in [-0.2, 0) is 6.42 Å². The molecule has 1 nitrogen and oxygen atoms in total. The molecule has 0 amide bonds. The molecule has 1 aliphatic heterocycles. The quantitative estimate of drug-likeness (QED) is 0.455. The van der Waals surface area contributed by atoms with Gasteiger partial charge in [-0.1, -0.05) is 63.0 Å². The Bertz CT molecular complexity index is 422. The van der Waals surface area contributed by atoms with E-state index in [1.807, 2.05) is 0 Å². The number of hydrogen-bond donors (Lipinski definition) is 0. The highest BCUT2D eigenvalue weighted by molar-refractivity contribution is 5.59. The molecular formula is C19H29N. The standard InChI is InChI=1S/C19H29N/c1-3-4-5-6-7-8-9-12-17(2)20-16-15-18-13-10-11-14-19(18)20/h9-14,17H,3-8,15-16H2,1-2H3/b12-9+/t17-/m1/s1. The second-order valence-corrected chi connectivity index (χ2v) is 5.94. The second kappa shape index (κ2) is 8.14. The molecule has 1 atom stereocenters. The van der Waals surface area contributed by atoms with Crippen LogP contribution in [0.3, 0.4) is 0 Å². The number of benzene rings is 1. The molecule has 0 N–H and O–H groups in total. The first-order valence-electron chi connectivity index (χ1n) is 8.34. The van der Waals surface area contributed by atoms with E-state index in [0.717, 1.165) is 0 Å². The Morgan fingerprint density at radius 1 is 1.15 bits per heavy atom. The predicted octanol–water partition coefficient (Wildman–Crippen LogP) is 5.35. The minimum absolute atomic E-state index is 0.522. The van der Waals surface area contributed by atoms with Gasteiger partial charge in [0.15, 0.2) is 0 Å². The van der Waals surface area contributed by atoms with E-state index in [1.54, 1.807) is 0 Å². The number of para-hydroxylation sites is 1. The van der Waals surface area contributed by atoms with Crippen LogP contribution in [0.1, 0.15) is 57.9 Å². The maximum Gasteiger partial charge on any atom is 0.0445 e. The Hall–Kier alpha value is -1.24. The molecule has 0 radical (unpaired) electrons. The summed E-state index contributed by atoms with van der Waals surface area (Å²) in [6.07, 6.45) is 14.1. The summed E-state index contributed by atoms with van der Waals surface area (Å²) in [5, 5.41) is 0. The smallest absolute Gasteiger partial charge is 0.0445 e. The maximum atomic E-state index is 2.53. The molecule has 0 spiro atoms. The van der Waals surface area contributed by atoms with Crippen molar-refractivity contribution in [2.24, 2.45) is 0 Å². The average Bonchev–Trinajstić information content (AvgIpc) is 2.90. The normalized spacial score (nSPS) is 15.8. The van der Waals surface area contributed by atoms with Gasteiger partial charge in [-0.25, -0.2) is 0 Å². The molecule has 1 heteroatoms. The third-order valence-electron chi connectivity index (χ3n) is 4.30. The molecule has 20 heavy (non-hydrogen) atoms. The third kappa shape index (κ3) is 4.13. The summed E-state index contributed by atoms with van der Waals surface area (Å²) in [6.45, 7) is 5.76. The van der Waals surface area contributed by atoms with Gasteiger partial charge in [-0.2, -0.15) is 0 Å². The summed E-state index contributed by atoms with van der Waals surface area (Å²) in [5.41, 5.74) is 2.94. The zero-order valence-electron chi connectivity index (χ0n) is 13.1. The minimum atomic E-state index is 0.522. The molecule has 0 bridgehead atoms. The van der Waals surface area contributed by atoms with Gasteiger partial charge in [0.1, 0.15) is 0 Å². The van der Waals surface area contributed by atoms with Crippen LogP contribution in [0.25, 0.3) is 0 Å². The molecule has 0 fully saturated rings. The van der Waals surface area contributed by atoms with Crippen molar-refractivity contribution < 1.29 is 0 Å². The van der Waals surface area contributed by atoms with Gasteiger partial charge in [-0.15, -0.1) is 0 Å². The highest BCUT2D eigenvalue weighted by Gasteiger charge is 2.20. The van der Waals surface area contributed by atoms with Gasteiger partial charge < -0.3 is 4.90 Å². The summed E-state index contributed by atoms with van der Waals surface area (Å²) in [5.74, 6) is 0. The Balaban J connectivity index is 1.74. The van der Waals surface area contributed by atoms with Crippen molar-refractivity contribution in [2.45, 2.75) is 64.8 Å². The van der Waals surface area contributed by atoms with E-state index in [-0.39, 0.29) is 0 Å². The van der Waals surface area contributed by atoms with Crippen LogP contribution in [0.15, 0.2) is 36.4 Å². The van der Waals surface area contributed by atoms with Gasteiger partial charge in [0.05, 0.1) is 0 Å². The second-order valence-electron chi connectivity index (χ2n) is 5.94. The van der Waals surface area contributed by atoms with Gasteiger partial charge in [-0.3, -0.25) is 0 Å². The Labute approximate surface area is 124 Å². The van der Waals surface area contributed by atoms with Crippen molar-refractivity contribution in [1.82, 2.24) is 0 Å². The molecule has 2 rings (SSSR count). The lowest BCUT2D eigenvalue weighted by Gasteiger charge is -2.24. The van der Waals surface area contributed by atoms with Gasteiger partial charge in [-0.05, 0) is 37.8 Å². The van der Waals surface area contributed by atoms with Crippen LogP contribution in [0.2, 0.25) is 0 Å². The van der Waals surface area contributed by atoms with Gasteiger partial charge in [0.2, 0.25) is 0 Å². The van der Waals surface area contributed by atoms with E-state index in [4.69, 9.17) is 0 Å². The van der Waals surface area contributed by atoms with Crippen LogP contribution in [0, 0.1) is 0 Å². The Morgan fingerprint density at radius 3 is 2.80 bits per heavy atom. The summed E-state index contributed by atoms with van der Waals surface area (Å²) in [7, 11) is 0. The molecule has 1 heterocycles. The SMILES string of the molecule is CCCCCCC/C=C/[C@@H](C)N1CCc2ccccc21. The highest BCUT2D eigenvalue weighted by atomic mass is 15.2. The zero-order valence-corrected chi connectivity index (χ0v) is 13.1. The fourth-order valence-electron chi connectivity index (χ4n) is 3.05. The number of hydrogen-bond acceptors (Lipinski definition) is 1. The third-order valence-corrected chi connectivity index (χ3v) is 4.30. The number of nitrogens with zero attached hydrogens (tertiary/aromatic N) is 1. The molecule has 0 aliphatic carbocycles. The topological polar surface area (TPSA) is 3.24 Å². The van der Waals surface area contributed by atoms with Gasteiger partial charge in [0, 0.05) is 18.3 Å². The van der Waals surface area contributed by atoms with Crippen LogP contribution in [-0.4, -0.2) is 12.6 Å². The first kappa shape index (κ1) is 15.2. The van der Waals surface area contributed by atoms with E-state index in [9.17, 15) is 0 Å². The molecule has 1 aliphatic rings.